The number of hydrogen-bond acceptors (Lipinski definition) is 6. The standard InChI is InChI=1S/C15H19N3O5S3/c1-3-18-26(22,23)12-6-4-10(2)13(8-12)15(19)17-9-11-5-7-14(24-11)25(16,20)21/h4-8,18H,3,9H2,1-2H3,(H,17,19)(H2,16,20,21). The number of sulfonamides is 2. The molecule has 0 atom stereocenters. The molecule has 26 heavy (non-hydrogen) atoms. The average molecular weight is 418 g/mol. The van der Waals surface area contributed by atoms with E-state index in [4.69, 9.17) is 5.14 Å². The fourth-order valence-electron chi connectivity index (χ4n) is 2.16. The Labute approximate surface area is 156 Å². The summed E-state index contributed by atoms with van der Waals surface area (Å²) in [6, 6.07) is 7.23. The minimum atomic E-state index is -3.77. The molecule has 1 aromatic heterocycles. The number of rotatable bonds is 7. The fourth-order valence-corrected chi connectivity index (χ4v) is 4.94. The summed E-state index contributed by atoms with van der Waals surface area (Å²) in [4.78, 5) is 13.0. The first kappa shape index (κ1) is 20.5. The largest absolute Gasteiger partial charge is 0.347 e. The van der Waals surface area contributed by atoms with Gasteiger partial charge in [0.05, 0.1) is 11.4 Å². The summed E-state index contributed by atoms with van der Waals surface area (Å²) in [5.74, 6) is -0.457. The summed E-state index contributed by atoms with van der Waals surface area (Å²) >= 11 is 0.962. The predicted octanol–water partition coefficient (Wildman–Crippen LogP) is 0.932. The zero-order valence-corrected chi connectivity index (χ0v) is 16.6. The molecule has 1 heterocycles. The molecule has 0 aliphatic carbocycles. The Morgan fingerprint density at radius 3 is 2.42 bits per heavy atom. The highest BCUT2D eigenvalue weighted by atomic mass is 32.2. The van der Waals surface area contributed by atoms with Gasteiger partial charge in [0.2, 0.25) is 20.0 Å². The summed E-state index contributed by atoms with van der Waals surface area (Å²) in [5, 5.41) is 7.70. The van der Waals surface area contributed by atoms with Gasteiger partial charge >= 0.3 is 0 Å². The Kier molecular flexibility index (Phi) is 6.19. The van der Waals surface area contributed by atoms with Crippen LogP contribution in [-0.2, 0) is 26.6 Å². The van der Waals surface area contributed by atoms with Crippen molar-refractivity contribution in [1.82, 2.24) is 10.0 Å². The van der Waals surface area contributed by atoms with Gasteiger partial charge in [0, 0.05) is 17.0 Å². The molecule has 8 nitrogen and oxygen atoms in total. The van der Waals surface area contributed by atoms with Crippen molar-refractivity contribution < 1.29 is 21.6 Å². The molecule has 4 N–H and O–H groups in total. The molecule has 1 amide bonds. The molecule has 1 aromatic carbocycles. The lowest BCUT2D eigenvalue weighted by Crippen LogP contribution is -2.26. The van der Waals surface area contributed by atoms with Gasteiger partial charge in [-0.1, -0.05) is 13.0 Å². The van der Waals surface area contributed by atoms with E-state index in [2.05, 4.69) is 10.0 Å². The second kappa shape index (κ2) is 7.84. The van der Waals surface area contributed by atoms with Crippen molar-refractivity contribution in [3.63, 3.8) is 0 Å². The molecular weight excluding hydrogens is 398 g/mol. The molecule has 0 saturated heterocycles. The Bertz CT molecular complexity index is 1030. The second-order valence-corrected chi connectivity index (χ2v) is 10.2. The molecule has 0 radical (unpaired) electrons. The van der Waals surface area contributed by atoms with Crippen molar-refractivity contribution in [2.24, 2.45) is 5.14 Å². The van der Waals surface area contributed by atoms with Crippen LogP contribution >= 0.6 is 11.3 Å². The number of carbonyl (C=O) groups is 1. The van der Waals surface area contributed by atoms with Crippen LogP contribution in [0.25, 0.3) is 0 Å². The van der Waals surface area contributed by atoms with Crippen molar-refractivity contribution in [2.45, 2.75) is 29.5 Å². The van der Waals surface area contributed by atoms with Crippen LogP contribution in [0, 0.1) is 6.92 Å². The van der Waals surface area contributed by atoms with Crippen molar-refractivity contribution in [1.29, 1.82) is 0 Å². The van der Waals surface area contributed by atoms with Crippen molar-refractivity contribution >= 4 is 37.3 Å². The van der Waals surface area contributed by atoms with Crippen LogP contribution in [0.2, 0.25) is 0 Å². The highest BCUT2D eigenvalue weighted by molar-refractivity contribution is 7.91. The molecule has 11 heteroatoms. The normalized spacial score (nSPS) is 12.1. The molecule has 0 saturated carbocycles. The molecule has 2 aromatic rings. The van der Waals surface area contributed by atoms with Crippen LogP contribution in [0.4, 0.5) is 0 Å². The van der Waals surface area contributed by atoms with Gasteiger partial charge in [0.25, 0.3) is 5.91 Å². The van der Waals surface area contributed by atoms with Gasteiger partial charge in [-0.2, -0.15) is 0 Å². The van der Waals surface area contributed by atoms with E-state index in [0.717, 1.165) is 11.3 Å². The quantitative estimate of drug-likeness (QED) is 0.616. The number of nitrogens with two attached hydrogens (primary N) is 1. The third kappa shape index (κ3) is 4.89. The summed E-state index contributed by atoms with van der Waals surface area (Å²) in [7, 11) is -7.45. The number of thiophene rings is 1. The lowest BCUT2D eigenvalue weighted by atomic mass is 10.1. The van der Waals surface area contributed by atoms with Gasteiger partial charge in [-0.3, -0.25) is 4.79 Å². The average Bonchev–Trinajstić information content (AvgIpc) is 3.02. The van der Waals surface area contributed by atoms with E-state index >= 15 is 0 Å². The van der Waals surface area contributed by atoms with Crippen molar-refractivity contribution in [2.75, 3.05) is 6.54 Å². The second-order valence-electron chi connectivity index (χ2n) is 5.43. The topological polar surface area (TPSA) is 135 Å². The number of benzene rings is 1. The van der Waals surface area contributed by atoms with Crippen LogP contribution in [0.5, 0.6) is 0 Å². The summed E-state index contributed by atoms with van der Waals surface area (Å²) in [6.07, 6.45) is 0. The van der Waals surface area contributed by atoms with E-state index in [-0.39, 0.29) is 27.8 Å². The summed E-state index contributed by atoms with van der Waals surface area (Å²) in [6.45, 7) is 3.70. The maximum absolute atomic E-state index is 12.4. The smallest absolute Gasteiger partial charge is 0.251 e. The molecular formula is C15H19N3O5S3. The number of amides is 1. The maximum atomic E-state index is 12.4. The van der Waals surface area contributed by atoms with E-state index in [0.29, 0.717) is 10.4 Å². The van der Waals surface area contributed by atoms with Gasteiger partial charge in [-0.05, 0) is 36.8 Å². The van der Waals surface area contributed by atoms with E-state index in [1.54, 1.807) is 26.0 Å². The first-order valence-electron chi connectivity index (χ1n) is 7.54. The summed E-state index contributed by atoms with van der Waals surface area (Å²) < 4.78 is 49.1. The first-order valence-corrected chi connectivity index (χ1v) is 11.4. The van der Waals surface area contributed by atoms with Crippen LogP contribution in [-0.4, -0.2) is 29.3 Å². The van der Waals surface area contributed by atoms with Gasteiger partial charge < -0.3 is 5.32 Å². The van der Waals surface area contributed by atoms with Crippen LogP contribution < -0.4 is 15.2 Å². The van der Waals surface area contributed by atoms with Crippen molar-refractivity contribution in [3.05, 3.63) is 46.3 Å². The SMILES string of the molecule is CCNS(=O)(=O)c1ccc(C)c(C(=O)NCc2ccc(S(N)(=O)=O)s2)c1. The number of primary sulfonamides is 1. The predicted molar refractivity (Wildman–Crippen MR) is 98.9 cm³/mol. The summed E-state index contributed by atoms with van der Waals surface area (Å²) in [5.41, 5.74) is 0.849. The number of hydrogen-bond donors (Lipinski definition) is 3. The Morgan fingerprint density at radius 1 is 1.15 bits per heavy atom. The minimum absolute atomic E-state index is 0.00253. The number of nitrogens with one attached hydrogen (secondary N) is 2. The monoisotopic (exact) mass is 417 g/mol. The maximum Gasteiger partial charge on any atom is 0.251 e. The van der Waals surface area contributed by atoms with Gasteiger partial charge in [-0.25, -0.2) is 26.7 Å². The van der Waals surface area contributed by atoms with Crippen LogP contribution in [0.1, 0.15) is 27.7 Å². The minimum Gasteiger partial charge on any atom is -0.347 e. The zero-order chi connectivity index (χ0) is 19.5. The van der Waals surface area contributed by atoms with E-state index < -0.39 is 26.0 Å². The van der Waals surface area contributed by atoms with Crippen molar-refractivity contribution in [3.8, 4) is 0 Å². The van der Waals surface area contributed by atoms with Gasteiger partial charge in [-0.15, -0.1) is 11.3 Å². The molecule has 0 bridgehead atoms. The molecule has 2 rings (SSSR count). The van der Waals surface area contributed by atoms with Gasteiger partial charge in [0.15, 0.2) is 0 Å². The molecule has 142 valence electrons. The Morgan fingerprint density at radius 2 is 1.85 bits per heavy atom. The lowest BCUT2D eigenvalue weighted by Gasteiger charge is -2.10. The molecule has 0 fully saturated rings. The number of aryl methyl sites for hydroxylation is 1. The Balaban J connectivity index is 2.18. The molecule has 0 aliphatic rings. The van der Waals surface area contributed by atoms with E-state index in [9.17, 15) is 21.6 Å². The zero-order valence-electron chi connectivity index (χ0n) is 14.1. The van der Waals surface area contributed by atoms with Crippen LogP contribution in [0.3, 0.4) is 0 Å². The molecule has 0 unspecified atom stereocenters. The third-order valence-electron chi connectivity index (χ3n) is 3.44. The Hall–Kier alpha value is -1.79. The van der Waals surface area contributed by atoms with Crippen LogP contribution in [0.15, 0.2) is 39.4 Å². The van der Waals surface area contributed by atoms with Gasteiger partial charge in [0.1, 0.15) is 4.21 Å². The van der Waals surface area contributed by atoms with E-state index in [1.807, 2.05) is 0 Å². The highest BCUT2D eigenvalue weighted by Crippen LogP contribution is 2.20. The number of carbonyl (C=O) groups excluding carboxylic acids is 1. The van der Waals surface area contributed by atoms with E-state index in [1.165, 1.54) is 18.2 Å². The molecule has 0 aliphatic heterocycles. The fraction of sp³-hybridized carbons (Fsp3) is 0.267. The molecule has 0 spiro atoms. The first-order chi connectivity index (χ1) is 12.0. The lowest BCUT2D eigenvalue weighted by molar-refractivity contribution is 0.0950. The highest BCUT2D eigenvalue weighted by Gasteiger charge is 2.18. The third-order valence-corrected chi connectivity index (χ3v) is 7.51.